The van der Waals surface area contributed by atoms with Crippen molar-refractivity contribution in [1.29, 1.82) is 0 Å². The summed E-state index contributed by atoms with van der Waals surface area (Å²) in [4.78, 5) is 46.0. The van der Waals surface area contributed by atoms with Gasteiger partial charge in [0.25, 0.3) is 11.8 Å². The number of fused-ring (bicyclic) bond motifs is 1. The van der Waals surface area contributed by atoms with E-state index in [9.17, 15) is 14.4 Å². The van der Waals surface area contributed by atoms with Crippen LogP contribution in [0.25, 0.3) is 10.9 Å². The molecule has 2 aromatic heterocycles. The van der Waals surface area contributed by atoms with Gasteiger partial charge >= 0.3 is 0 Å². The second kappa shape index (κ2) is 11.1. The molecule has 5 rings (SSSR count). The SMILES string of the molecule is CCOc1cccc(C(=O)Nc2ccc3nn(CC(=O)N4CCN(C(=O)c5ccccc5)CC4)cc3c2)n1. The summed E-state index contributed by atoms with van der Waals surface area (Å²) >= 11 is 0. The van der Waals surface area contributed by atoms with Crippen LogP contribution in [0.2, 0.25) is 0 Å². The average Bonchev–Trinajstić information content (AvgIpc) is 3.35. The van der Waals surface area contributed by atoms with Gasteiger partial charge in [-0.2, -0.15) is 5.10 Å². The van der Waals surface area contributed by atoms with Crippen molar-refractivity contribution in [2.24, 2.45) is 0 Å². The van der Waals surface area contributed by atoms with E-state index in [4.69, 9.17) is 4.74 Å². The maximum Gasteiger partial charge on any atom is 0.274 e. The fourth-order valence-electron chi connectivity index (χ4n) is 4.36. The highest BCUT2D eigenvalue weighted by atomic mass is 16.5. The second-order valence-electron chi connectivity index (χ2n) is 8.89. The molecular formula is C28H28N6O4. The third kappa shape index (κ3) is 5.64. The monoisotopic (exact) mass is 512 g/mol. The Labute approximate surface area is 219 Å². The number of carbonyl (C=O) groups excluding carboxylic acids is 3. The highest BCUT2D eigenvalue weighted by molar-refractivity contribution is 6.03. The third-order valence-corrected chi connectivity index (χ3v) is 6.30. The molecule has 0 atom stereocenters. The average molecular weight is 513 g/mol. The molecule has 194 valence electrons. The number of carbonyl (C=O) groups is 3. The molecule has 3 heterocycles. The highest BCUT2D eigenvalue weighted by Crippen LogP contribution is 2.19. The zero-order valence-electron chi connectivity index (χ0n) is 21.0. The van der Waals surface area contributed by atoms with Crippen LogP contribution in [0.1, 0.15) is 27.8 Å². The van der Waals surface area contributed by atoms with Crippen molar-refractivity contribution in [2.75, 3.05) is 38.1 Å². The molecule has 0 aliphatic carbocycles. The number of pyridine rings is 1. The minimum absolute atomic E-state index is 0.0169. The molecule has 1 aliphatic heterocycles. The Bertz CT molecular complexity index is 1460. The summed E-state index contributed by atoms with van der Waals surface area (Å²) in [7, 11) is 0. The van der Waals surface area contributed by atoms with Crippen LogP contribution in [0.15, 0.2) is 72.9 Å². The second-order valence-corrected chi connectivity index (χ2v) is 8.89. The summed E-state index contributed by atoms with van der Waals surface area (Å²) in [5, 5.41) is 8.15. The van der Waals surface area contributed by atoms with E-state index in [1.54, 1.807) is 63.1 Å². The lowest BCUT2D eigenvalue weighted by Gasteiger charge is -2.34. The molecule has 38 heavy (non-hydrogen) atoms. The molecule has 0 spiro atoms. The lowest BCUT2D eigenvalue weighted by Crippen LogP contribution is -2.51. The first-order chi connectivity index (χ1) is 18.5. The zero-order chi connectivity index (χ0) is 26.5. The molecular weight excluding hydrogens is 484 g/mol. The molecule has 0 unspecified atom stereocenters. The molecule has 0 radical (unpaired) electrons. The lowest BCUT2D eigenvalue weighted by atomic mass is 10.2. The number of hydrogen-bond donors (Lipinski definition) is 1. The van der Waals surface area contributed by atoms with Gasteiger partial charge in [-0.15, -0.1) is 0 Å². The first kappa shape index (κ1) is 24.9. The number of aromatic nitrogens is 3. The molecule has 1 N–H and O–H groups in total. The van der Waals surface area contributed by atoms with Gasteiger partial charge in [0.05, 0.1) is 12.1 Å². The van der Waals surface area contributed by atoms with Crippen LogP contribution in [-0.4, -0.2) is 75.1 Å². The molecule has 0 bridgehead atoms. The Morgan fingerprint density at radius 3 is 2.45 bits per heavy atom. The Balaban J connectivity index is 1.18. The van der Waals surface area contributed by atoms with E-state index in [1.165, 1.54) is 0 Å². The molecule has 1 fully saturated rings. The predicted molar refractivity (Wildman–Crippen MR) is 142 cm³/mol. The number of nitrogens with zero attached hydrogens (tertiary/aromatic N) is 5. The van der Waals surface area contributed by atoms with E-state index in [2.05, 4.69) is 15.4 Å². The number of hydrogen-bond acceptors (Lipinski definition) is 6. The van der Waals surface area contributed by atoms with Gasteiger partial charge in [-0.3, -0.25) is 19.1 Å². The molecule has 1 saturated heterocycles. The van der Waals surface area contributed by atoms with Crippen LogP contribution < -0.4 is 10.1 Å². The Kier molecular flexibility index (Phi) is 7.30. The number of anilines is 1. The van der Waals surface area contributed by atoms with E-state index < -0.39 is 0 Å². The van der Waals surface area contributed by atoms with Gasteiger partial charge < -0.3 is 19.9 Å². The number of nitrogens with one attached hydrogen (secondary N) is 1. The van der Waals surface area contributed by atoms with Crippen LogP contribution in [-0.2, 0) is 11.3 Å². The van der Waals surface area contributed by atoms with Crippen molar-refractivity contribution in [1.82, 2.24) is 24.6 Å². The molecule has 0 saturated carbocycles. The molecule has 3 amide bonds. The van der Waals surface area contributed by atoms with Crippen molar-refractivity contribution in [2.45, 2.75) is 13.5 Å². The maximum atomic E-state index is 12.9. The molecule has 4 aromatic rings. The summed E-state index contributed by atoms with van der Waals surface area (Å²) < 4.78 is 6.97. The van der Waals surface area contributed by atoms with Gasteiger partial charge in [0, 0.05) is 55.1 Å². The summed E-state index contributed by atoms with van der Waals surface area (Å²) in [5.41, 5.74) is 2.21. The van der Waals surface area contributed by atoms with Gasteiger partial charge in [0.2, 0.25) is 11.8 Å². The van der Waals surface area contributed by atoms with Gasteiger partial charge in [0.1, 0.15) is 12.2 Å². The summed E-state index contributed by atoms with van der Waals surface area (Å²) in [6, 6.07) is 19.6. The van der Waals surface area contributed by atoms with Crippen molar-refractivity contribution in [3.05, 3.63) is 84.2 Å². The fourth-order valence-corrected chi connectivity index (χ4v) is 4.36. The Hall–Kier alpha value is -4.73. The first-order valence-electron chi connectivity index (χ1n) is 12.5. The van der Waals surface area contributed by atoms with E-state index >= 15 is 0 Å². The summed E-state index contributed by atoms with van der Waals surface area (Å²) in [6.07, 6.45) is 1.78. The zero-order valence-corrected chi connectivity index (χ0v) is 21.0. The van der Waals surface area contributed by atoms with Gasteiger partial charge in [-0.05, 0) is 43.3 Å². The van der Waals surface area contributed by atoms with E-state index in [0.717, 1.165) is 5.39 Å². The standard InChI is InChI=1S/C28H28N6O4/c1-2-38-25-10-6-9-24(30-25)27(36)29-22-11-12-23-21(17-22)18-34(31-23)19-26(35)32-13-15-33(16-14-32)28(37)20-7-4-3-5-8-20/h3-12,17-18H,2,13-16,19H2,1H3,(H,29,36). The lowest BCUT2D eigenvalue weighted by molar-refractivity contribution is -0.133. The maximum absolute atomic E-state index is 12.9. The van der Waals surface area contributed by atoms with Gasteiger partial charge in [-0.25, -0.2) is 4.98 Å². The van der Waals surface area contributed by atoms with E-state index in [1.807, 2.05) is 31.2 Å². The van der Waals surface area contributed by atoms with Crippen LogP contribution in [0, 0.1) is 0 Å². The number of piperazine rings is 1. The van der Waals surface area contributed by atoms with Gasteiger partial charge in [0.15, 0.2) is 0 Å². The first-order valence-corrected chi connectivity index (χ1v) is 12.5. The summed E-state index contributed by atoms with van der Waals surface area (Å²) in [6.45, 7) is 4.35. The van der Waals surface area contributed by atoms with Crippen LogP contribution in [0.4, 0.5) is 5.69 Å². The summed E-state index contributed by atoms with van der Waals surface area (Å²) in [5.74, 6) is -0.0285. The predicted octanol–water partition coefficient (Wildman–Crippen LogP) is 3.07. The minimum atomic E-state index is -0.349. The molecule has 1 aliphatic rings. The van der Waals surface area contributed by atoms with Crippen LogP contribution >= 0.6 is 0 Å². The smallest absolute Gasteiger partial charge is 0.274 e. The number of amides is 3. The van der Waals surface area contributed by atoms with Crippen LogP contribution in [0.3, 0.4) is 0 Å². The molecule has 2 aromatic carbocycles. The van der Waals surface area contributed by atoms with Crippen molar-refractivity contribution in [3.63, 3.8) is 0 Å². The van der Waals surface area contributed by atoms with Crippen molar-refractivity contribution >= 4 is 34.3 Å². The van der Waals surface area contributed by atoms with E-state index in [0.29, 0.717) is 55.4 Å². The quantitative estimate of drug-likeness (QED) is 0.408. The molecule has 10 heteroatoms. The highest BCUT2D eigenvalue weighted by Gasteiger charge is 2.25. The third-order valence-electron chi connectivity index (χ3n) is 6.30. The van der Waals surface area contributed by atoms with Crippen molar-refractivity contribution in [3.8, 4) is 5.88 Å². The van der Waals surface area contributed by atoms with E-state index in [-0.39, 0.29) is 30.0 Å². The van der Waals surface area contributed by atoms with Crippen molar-refractivity contribution < 1.29 is 19.1 Å². The minimum Gasteiger partial charge on any atom is -0.478 e. The van der Waals surface area contributed by atoms with Crippen LogP contribution in [0.5, 0.6) is 5.88 Å². The number of benzene rings is 2. The molecule has 10 nitrogen and oxygen atoms in total. The largest absolute Gasteiger partial charge is 0.478 e. The van der Waals surface area contributed by atoms with Gasteiger partial charge in [-0.1, -0.05) is 24.3 Å². The fraction of sp³-hybridized carbons (Fsp3) is 0.250. The topological polar surface area (TPSA) is 110 Å². The normalized spacial score (nSPS) is 13.4. The number of ether oxygens (including phenoxy) is 1. The Morgan fingerprint density at radius 2 is 1.68 bits per heavy atom. The Morgan fingerprint density at radius 1 is 0.921 bits per heavy atom. The number of rotatable bonds is 7.